The van der Waals surface area contributed by atoms with Crippen LogP contribution in [0.15, 0.2) is 60.7 Å². The Hall–Kier alpha value is -1.93. The molecule has 17 heavy (non-hydrogen) atoms. The van der Waals surface area contributed by atoms with Gasteiger partial charge in [0.1, 0.15) is 0 Å². The van der Waals surface area contributed by atoms with Crippen molar-refractivity contribution >= 4 is 5.78 Å². The first-order valence-corrected chi connectivity index (χ1v) is 5.67. The molecule has 1 atom stereocenters. The van der Waals surface area contributed by atoms with Crippen LogP contribution in [-0.2, 0) is 0 Å². The van der Waals surface area contributed by atoms with Crippen LogP contribution in [0.1, 0.15) is 21.8 Å². The summed E-state index contributed by atoms with van der Waals surface area (Å²) >= 11 is 0. The topological polar surface area (TPSA) is 43.1 Å². The zero-order valence-corrected chi connectivity index (χ0v) is 9.54. The van der Waals surface area contributed by atoms with E-state index in [0.717, 1.165) is 5.56 Å². The highest BCUT2D eigenvalue weighted by Crippen LogP contribution is 2.19. The van der Waals surface area contributed by atoms with Gasteiger partial charge in [-0.1, -0.05) is 60.7 Å². The second kappa shape index (κ2) is 5.41. The minimum Gasteiger partial charge on any atom is -0.329 e. The highest BCUT2D eigenvalue weighted by atomic mass is 16.1. The maximum Gasteiger partial charge on any atom is 0.171 e. The molecule has 0 aliphatic carbocycles. The van der Waals surface area contributed by atoms with E-state index in [1.807, 2.05) is 60.7 Å². The first-order chi connectivity index (χ1) is 8.33. The van der Waals surface area contributed by atoms with Crippen LogP contribution in [0.5, 0.6) is 0 Å². The largest absolute Gasteiger partial charge is 0.329 e. The molecule has 0 aliphatic rings. The van der Waals surface area contributed by atoms with Crippen molar-refractivity contribution in [3.8, 4) is 0 Å². The van der Waals surface area contributed by atoms with Gasteiger partial charge in [0.25, 0.3) is 0 Å². The Morgan fingerprint density at radius 1 is 0.941 bits per heavy atom. The van der Waals surface area contributed by atoms with Crippen LogP contribution in [0.25, 0.3) is 0 Å². The molecule has 2 nitrogen and oxygen atoms in total. The van der Waals surface area contributed by atoms with Gasteiger partial charge < -0.3 is 5.73 Å². The van der Waals surface area contributed by atoms with E-state index in [9.17, 15) is 4.79 Å². The Morgan fingerprint density at radius 3 is 2.00 bits per heavy atom. The number of carbonyl (C=O) groups excluding carboxylic acids is 1. The SMILES string of the molecule is NCC(C(=O)c1ccccc1)c1ccccc1. The van der Waals surface area contributed by atoms with Gasteiger partial charge in [-0.05, 0) is 5.56 Å². The predicted molar refractivity (Wildman–Crippen MR) is 69.0 cm³/mol. The lowest BCUT2D eigenvalue weighted by Crippen LogP contribution is -2.21. The summed E-state index contributed by atoms with van der Waals surface area (Å²) < 4.78 is 0. The lowest BCUT2D eigenvalue weighted by Gasteiger charge is -2.13. The molecule has 2 N–H and O–H groups in total. The van der Waals surface area contributed by atoms with Gasteiger partial charge in [0.05, 0.1) is 5.92 Å². The van der Waals surface area contributed by atoms with Crippen molar-refractivity contribution in [3.05, 3.63) is 71.8 Å². The van der Waals surface area contributed by atoms with Crippen molar-refractivity contribution in [2.75, 3.05) is 6.54 Å². The summed E-state index contributed by atoms with van der Waals surface area (Å²) in [5, 5.41) is 0. The Balaban J connectivity index is 2.29. The third-order valence-electron chi connectivity index (χ3n) is 2.81. The van der Waals surface area contributed by atoms with Crippen LogP contribution in [0.4, 0.5) is 0 Å². The van der Waals surface area contributed by atoms with Gasteiger partial charge >= 0.3 is 0 Å². The monoisotopic (exact) mass is 225 g/mol. The summed E-state index contributed by atoms with van der Waals surface area (Å²) in [6, 6.07) is 19.0. The summed E-state index contributed by atoms with van der Waals surface area (Å²) in [7, 11) is 0. The van der Waals surface area contributed by atoms with Crippen LogP contribution in [-0.4, -0.2) is 12.3 Å². The number of hydrogen-bond acceptors (Lipinski definition) is 2. The molecule has 2 rings (SSSR count). The fourth-order valence-corrected chi connectivity index (χ4v) is 1.88. The second-order valence-corrected chi connectivity index (χ2v) is 3.93. The quantitative estimate of drug-likeness (QED) is 0.813. The lowest BCUT2D eigenvalue weighted by atomic mass is 9.91. The summed E-state index contributed by atoms with van der Waals surface area (Å²) in [4.78, 5) is 12.3. The van der Waals surface area contributed by atoms with Crippen molar-refractivity contribution in [2.24, 2.45) is 5.73 Å². The molecule has 0 radical (unpaired) electrons. The van der Waals surface area contributed by atoms with Crippen molar-refractivity contribution < 1.29 is 4.79 Å². The first-order valence-electron chi connectivity index (χ1n) is 5.67. The standard InChI is InChI=1S/C15H15NO/c16-11-14(12-7-3-1-4-8-12)15(17)13-9-5-2-6-10-13/h1-10,14H,11,16H2. The van der Waals surface area contributed by atoms with Crippen LogP contribution in [0, 0.1) is 0 Å². The van der Waals surface area contributed by atoms with E-state index >= 15 is 0 Å². The molecule has 2 heteroatoms. The minimum absolute atomic E-state index is 0.0827. The molecule has 0 saturated heterocycles. The first kappa shape index (κ1) is 11.6. The number of carbonyl (C=O) groups is 1. The Kier molecular flexibility index (Phi) is 3.68. The van der Waals surface area contributed by atoms with E-state index < -0.39 is 0 Å². The molecule has 0 spiro atoms. The average Bonchev–Trinajstić information content (AvgIpc) is 2.42. The molecule has 0 fully saturated rings. The Labute approximate surface area is 101 Å². The molecular formula is C15H15NO. The summed E-state index contributed by atoms with van der Waals surface area (Å²) in [5.74, 6) is -0.169. The molecule has 0 aliphatic heterocycles. The fourth-order valence-electron chi connectivity index (χ4n) is 1.88. The van der Waals surface area contributed by atoms with E-state index in [4.69, 9.17) is 5.73 Å². The fraction of sp³-hybridized carbons (Fsp3) is 0.133. The van der Waals surface area contributed by atoms with E-state index in [1.54, 1.807) is 0 Å². The maximum atomic E-state index is 12.3. The van der Waals surface area contributed by atoms with Crippen molar-refractivity contribution in [1.82, 2.24) is 0 Å². The molecule has 0 bridgehead atoms. The molecule has 86 valence electrons. The number of Topliss-reactive ketones (excluding diaryl/α,β-unsaturated/α-hetero) is 1. The summed E-state index contributed by atoms with van der Waals surface area (Å²) in [5.41, 5.74) is 7.41. The molecule has 1 unspecified atom stereocenters. The molecular weight excluding hydrogens is 210 g/mol. The molecule has 0 aromatic heterocycles. The lowest BCUT2D eigenvalue weighted by molar-refractivity contribution is 0.0962. The molecule has 0 amide bonds. The Morgan fingerprint density at radius 2 is 1.47 bits per heavy atom. The van der Waals surface area contributed by atoms with Crippen molar-refractivity contribution in [2.45, 2.75) is 5.92 Å². The zero-order chi connectivity index (χ0) is 12.1. The van der Waals surface area contributed by atoms with E-state index in [2.05, 4.69) is 0 Å². The predicted octanol–water partition coefficient (Wildman–Crippen LogP) is 2.61. The van der Waals surface area contributed by atoms with Crippen LogP contribution >= 0.6 is 0 Å². The van der Waals surface area contributed by atoms with Gasteiger partial charge in [-0.3, -0.25) is 4.79 Å². The smallest absolute Gasteiger partial charge is 0.171 e. The van der Waals surface area contributed by atoms with Gasteiger partial charge in [-0.25, -0.2) is 0 Å². The highest BCUT2D eigenvalue weighted by Gasteiger charge is 2.19. The normalized spacial score (nSPS) is 12.1. The second-order valence-electron chi connectivity index (χ2n) is 3.93. The van der Waals surface area contributed by atoms with Gasteiger partial charge in [0.15, 0.2) is 5.78 Å². The average molecular weight is 225 g/mol. The number of nitrogens with two attached hydrogens (primary N) is 1. The molecule has 0 heterocycles. The van der Waals surface area contributed by atoms with Crippen LogP contribution < -0.4 is 5.73 Å². The number of benzene rings is 2. The van der Waals surface area contributed by atoms with Gasteiger partial charge in [-0.15, -0.1) is 0 Å². The zero-order valence-electron chi connectivity index (χ0n) is 9.54. The van der Waals surface area contributed by atoms with Crippen LogP contribution in [0.2, 0.25) is 0 Å². The number of rotatable bonds is 4. The van der Waals surface area contributed by atoms with Crippen molar-refractivity contribution in [1.29, 1.82) is 0 Å². The van der Waals surface area contributed by atoms with E-state index in [0.29, 0.717) is 12.1 Å². The summed E-state index contributed by atoms with van der Waals surface area (Å²) in [6.45, 7) is 0.331. The van der Waals surface area contributed by atoms with Gasteiger partial charge in [0.2, 0.25) is 0 Å². The third-order valence-corrected chi connectivity index (χ3v) is 2.81. The number of hydrogen-bond donors (Lipinski definition) is 1. The highest BCUT2D eigenvalue weighted by molar-refractivity contribution is 6.01. The van der Waals surface area contributed by atoms with E-state index in [1.165, 1.54) is 0 Å². The van der Waals surface area contributed by atoms with Crippen LogP contribution in [0.3, 0.4) is 0 Å². The molecule has 2 aromatic rings. The van der Waals surface area contributed by atoms with E-state index in [-0.39, 0.29) is 11.7 Å². The Bertz CT molecular complexity index is 479. The van der Waals surface area contributed by atoms with Gasteiger partial charge in [-0.2, -0.15) is 0 Å². The third kappa shape index (κ3) is 2.60. The molecule has 2 aromatic carbocycles. The minimum atomic E-state index is -0.251. The van der Waals surface area contributed by atoms with Crippen molar-refractivity contribution in [3.63, 3.8) is 0 Å². The maximum absolute atomic E-state index is 12.3. The summed E-state index contributed by atoms with van der Waals surface area (Å²) in [6.07, 6.45) is 0. The van der Waals surface area contributed by atoms with Gasteiger partial charge in [0, 0.05) is 12.1 Å². The number of ketones is 1. The molecule has 0 saturated carbocycles.